The average Bonchev–Trinajstić information content (AvgIpc) is 2.45. The Kier molecular flexibility index (Phi) is 13.6. The predicted octanol–water partition coefficient (Wildman–Crippen LogP) is 3.65. The van der Waals surface area contributed by atoms with Crippen LogP contribution in [0.3, 0.4) is 0 Å². The molecule has 0 aliphatic heterocycles. The SMILES string of the molecule is CC(C)(C)OC(=O)c1c[c-]c(NCc2c[c-]c[c-]c2)cc1.[U].[V].[W]. The maximum Gasteiger partial charge on any atom is 0.281 e. The molecule has 3 nitrogen and oxygen atoms in total. The third-order valence-electron chi connectivity index (χ3n) is 2.63. The molecule has 0 amide bonds. The molecule has 0 fully saturated rings. The zero-order valence-electron chi connectivity index (χ0n) is 13.8. The van der Waals surface area contributed by atoms with E-state index in [0.717, 1.165) is 11.3 Å². The summed E-state index contributed by atoms with van der Waals surface area (Å²) in [5.41, 5.74) is 1.92. The molecule has 0 aliphatic rings. The molecule has 0 saturated carbocycles. The third kappa shape index (κ3) is 9.50. The van der Waals surface area contributed by atoms with Gasteiger partial charge in [0.2, 0.25) is 0 Å². The van der Waals surface area contributed by atoms with Crippen molar-refractivity contribution in [3.63, 3.8) is 0 Å². The van der Waals surface area contributed by atoms with Gasteiger partial charge in [0.15, 0.2) is 0 Å². The van der Waals surface area contributed by atoms with Gasteiger partial charge in [0.1, 0.15) is 5.60 Å². The number of anilines is 1. The minimum atomic E-state index is -0.492. The number of rotatable bonds is 4. The first-order chi connectivity index (χ1) is 9.94. The first kappa shape index (κ1) is 26.3. The van der Waals surface area contributed by atoms with Gasteiger partial charge in [-0.25, -0.2) is 0 Å². The van der Waals surface area contributed by atoms with E-state index in [2.05, 4.69) is 23.5 Å². The summed E-state index contributed by atoms with van der Waals surface area (Å²) in [5.74, 6) is -0.336. The summed E-state index contributed by atoms with van der Waals surface area (Å²) >= 11 is 0. The van der Waals surface area contributed by atoms with Crippen LogP contribution in [0, 0.1) is 49.3 Å². The number of benzene rings is 2. The molecular weight excluding hydrogens is 735 g/mol. The molecule has 6 heteroatoms. The minimum absolute atomic E-state index is 0. The molecule has 0 aliphatic carbocycles. The predicted molar refractivity (Wildman–Crippen MR) is 81.9 cm³/mol. The second-order valence-corrected chi connectivity index (χ2v) is 5.69. The molecule has 2 rings (SSSR count). The van der Waals surface area contributed by atoms with E-state index >= 15 is 0 Å². The van der Waals surface area contributed by atoms with Gasteiger partial charge in [0, 0.05) is 70.7 Å². The molecule has 0 atom stereocenters. The van der Waals surface area contributed by atoms with E-state index < -0.39 is 5.60 Å². The zero-order chi connectivity index (χ0) is 15.3. The first-order valence-corrected chi connectivity index (χ1v) is 6.79. The summed E-state index contributed by atoms with van der Waals surface area (Å²) in [5, 5.41) is 3.23. The molecular formula is C18H18NO2UVW-3. The van der Waals surface area contributed by atoms with Gasteiger partial charge in [-0.2, -0.15) is 18.2 Å². The summed E-state index contributed by atoms with van der Waals surface area (Å²) in [4.78, 5) is 11.9. The van der Waals surface area contributed by atoms with E-state index in [9.17, 15) is 4.79 Å². The van der Waals surface area contributed by atoms with E-state index in [-0.39, 0.29) is 76.7 Å². The number of nitrogens with one attached hydrogen (secondary N) is 1. The molecule has 1 radical (unpaired) electrons. The molecule has 0 unspecified atom stereocenters. The van der Waals surface area contributed by atoms with Gasteiger partial charge in [-0.05, 0) is 20.8 Å². The Morgan fingerprint density at radius 1 is 1.17 bits per heavy atom. The molecule has 0 aromatic heterocycles. The Morgan fingerprint density at radius 3 is 2.29 bits per heavy atom. The molecule has 1 N–H and O–H groups in total. The Morgan fingerprint density at radius 2 is 1.79 bits per heavy atom. The first-order valence-electron chi connectivity index (χ1n) is 6.79. The molecule has 0 spiro atoms. The van der Waals surface area contributed by atoms with Gasteiger partial charge in [-0.15, -0.1) is 6.07 Å². The van der Waals surface area contributed by atoms with Crippen LogP contribution in [0.1, 0.15) is 36.7 Å². The maximum absolute atomic E-state index is 11.9. The van der Waals surface area contributed by atoms with Crippen LogP contribution in [0.5, 0.6) is 0 Å². The second kappa shape index (κ2) is 12.4. The van der Waals surface area contributed by atoms with Crippen molar-refractivity contribution in [2.24, 2.45) is 0 Å². The number of carbonyl (C=O) groups is 1. The summed E-state index contributed by atoms with van der Waals surface area (Å²) in [6.45, 7) is 6.20. The Bertz CT molecular complexity index is 601. The van der Waals surface area contributed by atoms with Crippen LogP contribution in [-0.4, -0.2) is 11.6 Å². The zero-order valence-corrected chi connectivity index (χ0v) is 22.3. The summed E-state index contributed by atoms with van der Waals surface area (Å²) in [6, 6.07) is 19.7. The van der Waals surface area contributed by atoms with Gasteiger partial charge in [0.25, 0.3) is 5.97 Å². The van der Waals surface area contributed by atoms with Crippen LogP contribution in [0.2, 0.25) is 0 Å². The molecule has 24 heavy (non-hydrogen) atoms. The Hall–Kier alpha value is 0.0347. The van der Waals surface area contributed by atoms with Crippen LogP contribution >= 0.6 is 0 Å². The largest absolute Gasteiger partial charge is 0.466 e. The fraction of sp³-hybridized carbons (Fsp3) is 0.278. The average molecular weight is 753 g/mol. The topological polar surface area (TPSA) is 38.3 Å². The van der Waals surface area contributed by atoms with Crippen molar-refractivity contribution >= 4 is 11.7 Å². The van der Waals surface area contributed by atoms with E-state index in [0.29, 0.717) is 12.1 Å². The molecule has 2 aromatic carbocycles. The number of hydrogen-bond donors (Lipinski definition) is 1. The number of esters is 1. The maximum atomic E-state index is 11.9. The van der Waals surface area contributed by atoms with Gasteiger partial charge in [-0.3, -0.25) is 22.5 Å². The van der Waals surface area contributed by atoms with E-state index in [1.807, 2.05) is 39.0 Å². The Balaban J connectivity index is 0. The number of carbonyl (C=O) groups excluding carboxylic acids is 1. The van der Waals surface area contributed by atoms with E-state index in [4.69, 9.17) is 4.74 Å². The molecule has 2 aromatic rings. The molecule has 0 saturated heterocycles. The molecule has 125 valence electrons. The van der Waals surface area contributed by atoms with Crippen molar-refractivity contribution in [2.45, 2.75) is 32.9 Å². The quantitative estimate of drug-likeness (QED) is 0.384. The van der Waals surface area contributed by atoms with E-state index in [1.54, 1.807) is 18.2 Å². The summed E-state index contributed by atoms with van der Waals surface area (Å²) in [6.07, 6.45) is 0. The van der Waals surface area contributed by atoms with Crippen molar-refractivity contribution in [1.82, 2.24) is 0 Å². The standard InChI is InChI=1S/C18H18NO2.U.V.W/c1-18(2,3)21-17(20)15-9-11-16(12-10-15)19-13-14-7-5-4-6-8-14;;;/h4,7-11,19H,13H2,1-3H3;;;/q-3;;;. The van der Waals surface area contributed by atoms with Gasteiger partial charge < -0.3 is 28.3 Å². The monoisotopic (exact) mass is 753 g/mol. The Labute approximate surface area is 194 Å². The smallest absolute Gasteiger partial charge is 0.281 e. The van der Waals surface area contributed by atoms with Crippen LogP contribution in [0.25, 0.3) is 0 Å². The van der Waals surface area contributed by atoms with Gasteiger partial charge in [-0.1, -0.05) is 17.8 Å². The van der Waals surface area contributed by atoms with Gasteiger partial charge in [0.05, 0.1) is 0 Å². The second-order valence-electron chi connectivity index (χ2n) is 5.69. The van der Waals surface area contributed by atoms with Crippen LogP contribution in [0.15, 0.2) is 36.4 Å². The molecule has 0 heterocycles. The van der Waals surface area contributed by atoms with Crippen LogP contribution in [-0.2, 0) is 50.9 Å². The van der Waals surface area contributed by atoms with Crippen molar-refractivity contribution in [3.8, 4) is 0 Å². The van der Waals surface area contributed by atoms with Crippen molar-refractivity contribution in [1.29, 1.82) is 0 Å². The normalized spacial score (nSPS) is 9.62. The fourth-order valence-corrected chi connectivity index (χ4v) is 1.69. The van der Waals surface area contributed by atoms with E-state index in [1.165, 1.54) is 0 Å². The van der Waals surface area contributed by atoms with Crippen molar-refractivity contribution in [2.75, 3.05) is 5.32 Å². The van der Waals surface area contributed by atoms with Crippen LogP contribution < -0.4 is 5.32 Å². The third-order valence-corrected chi connectivity index (χ3v) is 2.63. The van der Waals surface area contributed by atoms with Crippen molar-refractivity contribution in [3.05, 3.63) is 65.7 Å². The fourth-order valence-electron chi connectivity index (χ4n) is 1.69. The van der Waals surface area contributed by atoms with Crippen molar-refractivity contribution < 1.29 is 80.3 Å². The number of hydrogen-bond acceptors (Lipinski definition) is 3. The van der Waals surface area contributed by atoms with Gasteiger partial charge >= 0.3 is 0 Å². The van der Waals surface area contributed by atoms with Crippen LogP contribution in [0.4, 0.5) is 5.69 Å². The summed E-state index contributed by atoms with van der Waals surface area (Å²) < 4.78 is 5.31. The number of ether oxygens (including phenoxy) is 1. The minimum Gasteiger partial charge on any atom is -0.466 e. The summed E-state index contributed by atoms with van der Waals surface area (Å²) in [7, 11) is 0. The molecule has 0 bridgehead atoms.